The highest BCUT2D eigenvalue weighted by Crippen LogP contribution is 1.91. The minimum absolute atomic E-state index is 0.167. The number of hydrogen-bond acceptors (Lipinski definition) is 5. The summed E-state index contributed by atoms with van der Waals surface area (Å²) in [7, 11) is 0. The number of unbranched alkanes of at least 4 members (excludes halogenated alkanes) is 2. The summed E-state index contributed by atoms with van der Waals surface area (Å²) >= 11 is 0. The second-order valence-corrected chi connectivity index (χ2v) is 4.18. The van der Waals surface area contributed by atoms with Gasteiger partial charge in [0.15, 0.2) is 0 Å². The molecule has 0 aromatic heterocycles. The monoisotopic (exact) mass is 278 g/mol. The maximum absolute atomic E-state index is 10.5. The van der Waals surface area contributed by atoms with Crippen LogP contribution in [0.3, 0.4) is 0 Å². The topological polar surface area (TPSA) is 83.8 Å². The van der Waals surface area contributed by atoms with E-state index < -0.39 is 12.1 Å². The van der Waals surface area contributed by atoms with Crippen LogP contribution in [-0.2, 0) is 14.3 Å². The van der Waals surface area contributed by atoms with Crippen molar-refractivity contribution in [1.29, 1.82) is 0 Å². The van der Waals surface area contributed by atoms with Crippen LogP contribution < -0.4 is 0 Å². The van der Waals surface area contributed by atoms with Crippen LogP contribution in [-0.4, -0.2) is 41.3 Å². The van der Waals surface area contributed by atoms with Crippen LogP contribution in [0.5, 0.6) is 0 Å². The summed E-state index contributed by atoms with van der Waals surface area (Å²) in [6, 6.07) is 0. The molecule has 0 aliphatic rings. The van der Waals surface area contributed by atoms with Crippen molar-refractivity contribution in [1.82, 2.24) is 0 Å². The molecule has 0 aromatic rings. The van der Waals surface area contributed by atoms with Gasteiger partial charge in [-0.05, 0) is 33.6 Å². The molecule has 0 aliphatic heterocycles. The average Bonchev–Trinajstić information content (AvgIpc) is 2.30. The van der Waals surface area contributed by atoms with Gasteiger partial charge in [0, 0.05) is 6.61 Å². The van der Waals surface area contributed by atoms with Crippen LogP contribution >= 0.6 is 0 Å². The van der Waals surface area contributed by atoms with Gasteiger partial charge in [-0.1, -0.05) is 26.7 Å². The quantitative estimate of drug-likeness (QED) is 0.574. The van der Waals surface area contributed by atoms with Crippen molar-refractivity contribution in [3.05, 3.63) is 0 Å². The summed E-state index contributed by atoms with van der Waals surface area (Å²) in [5.74, 6) is -0.367. The third-order valence-corrected chi connectivity index (χ3v) is 1.59. The molecule has 1 unspecified atom stereocenters. The molecule has 2 N–H and O–H groups in total. The smallest absolute Gasteiger partial charge is 0.334 e. The van der Waals surface area contributed by atoms with Gasteiger partial charge >= 0.3 is 5.97 Å². The van der Waals surface area contributed by atoms with E-state index in [9.17, 15) is 9.59 Å². The molecule has 0 saturated carbocycles. The Bertz CT molecular complexity index is 196. The number of carbonyl (C=O) groups excluding carboxylic acids is 2. The van der Waals surface area contributed by atoms with E-state index in [1.807, 2.05) is 6.92 Å². The number of ether oxygens (including phenoxy) is 1. The Kier molecular flexibility index (Phi) is 23.7. The standard InChI is InChI=1S/C7H14O3.C4H10O.C3H6O/c1-3-4-5-10-7(9)6(2)8;1-2-3-4-5;1-3(2)4/h6,8H,3-5H2,1-2H3;5H,2-4H2,1H3;1-2H3. The Labute approximate surface area is 117 Å². The highest BCUT2D eigenvalue weighted by molar-refractivity contribution is 5.73. The molecule has 0 bridgehead atoms. The lowest BCUT2D eigenvalue weighted by atomic mass is 10.3. The molecule has 0 saturated heterocycles. The fourth-order valence-electron chi connectivity index (χ4n) is 0.596. The van der Waals surface area contributed by atoms with E-state index in [-0.39, 0.29) is 5.78 Å². The zero-order valence-electron chi connectivity index (χ0n) is 12.9. The Balaban J connectivity index is -0.000000238. The van der Waals surface area contributed by atoms with Gasteiger partial charge in [-0.2, -0.15) is 0 Å². The van der Waals surface area contributed by atoms with Crippen molar-refractivity contribution in [3.63, 3.8) is 0 Å². The summed E-state index contributed by atoms with van der Waals surface area (Å²) in [5, 5.41) is 16.7. The zero-order chi connectivity index (χ0) is 15.7. The van der Waals surface area contributed by atoms with E-state index in [0.29, 0.717) is 13.2 Å². The normalized spacial score (nSPS) is 10.3. The highest BCUT2D eigenvalue weighted by Gasteiger charge is 2.08. The van der Waals surface area contributed by atoms with Crippen LogP contribution in [0.15, 0.2) is 0 Å². The highest BCUT2D eigenvalue weighted by atomic mass is 16.5. The third-order valence-electron chi connectivity index (χ3n) is 1.59. The first-order valence-electron chi connectivity index (χ1n) is 6.76. The largest absolute Gasteiger partial charge is 0.464 e. The van der Waals surface area contributed by atoms with Crippen LogP contribution in [0.25, 0.3) is 0 Å². The van der Waals surface area contributed by atoms with E-state index in [4.69, 9.17) is 10.2 Å². The number of esters is 1. The molecule has 5 heteroatoms. The first-order chi connectivity index (χ1) is 8.83. The van der Waals surface area contributed by atoms with Gasteiger partial charge < -0.3 is 19.7 Å². The Morgan fingerprint density at radius 1 is 1.11 bits per heavy atom. The zero-order valence-corrected chi connectivity index (χ0v) is 12.9. The predicted octanol–water partition coefficient (Wildman–Crippen LogP) is 2.08. The molecule has 0 radical (unpaired) electrons. The van der Waals surface area contributed by atoms with Crippen molar-refractivity contribution >= 4 is 11.8 Å². The minimum atomic E-state index is -0.989. The molecule has 0 heterocycles. The Morgan fingerprint density at radius 2 is 1.53 bits per heavy atom. The van der Waals surface area contributed by atoms with Crippen LogP contribution in [0.4, 0.5) is 0 Å². The van der Waals surface area contributed by atoms with Crippen LogP contribution in [0.2, 0.25) is 0 Å². The third kappa shape index (κ3) is 38.2. The van der Waals surface area contributed by atoms with Crippen LogP contribution in [0.1, 0.15) is 60.3 Å². The number of aliphatic hydroxyl groups is 2. The van der Waals surface area contributed by atoms with Crippen molar-refractivity contribution in [3.8, 4) is 0 Å². The molecular weight excluding hydrogens is 248 g/mol. The Hall–Kier alpha value is -0.940. The molecule has 0 rings (SSSR count). The first-order valence-corrected chi connectivity index (χ1v) is 6.76. The van der Waals surface area contributed by atoms with E-state index in [1.165, 1.54) is 20.8 Å². The number of hydrogen-bond donors (Lipinski definition) is 2. The van der Waals surface area contributed by atoms with Gasteiger partial charge in [0.2, 0.25) is 0 Å². The number of carbonyl (C=O) groups is 2. The summed E-state index contributed by atoms with van der Waals surface area (Å²) in [4.78, 5) is 20.0. The fraction of sp³-hybridized carbons (Fsp3) is 0.857. The molecule has 19 heavy (non-hydrogen) atoms. The second kappa shape index (κ2) is 19.4. The van der Waals surface area contributed by atoms with E-state index in [0.717, 1.165) is 25.7 Å². The molecular formula is C14H30O5. The molecule has 0 spiro atoms. The van der Waals surface area contributed by atoms with Crippen molar-refractivity contribution < 1.29 is 24.5 Å². The van der Waals surface area contributed by atoms with Crippen molar-refractivity contribution in [2.75, 3.05) is 13.2 Å². The molecule has 0 aromatic carbocycles. The lowest BCUT2D eigenvalue weighted by Crippen LogP contribution is -2.19. The van der Waals surface area contributed by atoms with Gasteiger partial charge in [0.25, 0.3) is 0 Å². The predicted molar refractivity (Wildman–Crippen MR) is 75.9 cm³/mol. The maximum atomic E-state index is 10.5. The SMILES string of the molecule is CC(C)=O.CCCCO.CCCCOC(=O)C(C)O. The lowest BCUT2D eigenvalue weighted by Gasteiger charge is -2.04. The number of ketones is 1. The molecule has 0 amide bonds. The van der Waals surface area contributed by atoms with Gasteiger partial charge in [0.05, 0.1) is 6.61 Å². The van der Waals surface area contributed by atoms with Crippen molar-refractivity contribution in [2.45, 2.75) is 66.4 Å². The van der Waals surface area contributed by atoms with E-state index in [2.05, 4.69) is 11.7 Å². The maximum Gasteiger partial charge on any atom is 0.334 e. The van der Waals surface area contributed by atoms with Crippen molar-refractivity contribution in [2.24, 2.45) is 0 Å². The molecule has 1 atom stereocenters. The lowest BCUT2D eigenvalue weighted by molar-refractivity contribution is -0.152. The molecule has 0 aliphatic carbocycles. The number of aliphatic hydroxyl groups excluding tert-OH is 2. The average molecular weight is 278 g/mol. The molecule has 0 fully saturated rings. The number of Topliss-reactive ketones (excluding diaryl/α,β-unsaturated/α-hetero) is 1. The summed E-state index contributed by atoms with van der Waals surface area (Å²) < 4.78 is 4.65. The number of rotatable bonds is 6. The van der Waals surface area contributed by atoms with Crippen LogP contribution in [0, 0.1) is 0 Å². The summed E-state index contributed by atoms with van der Waals surface area (Å²) in [5.41, 5.74) is 0. The van der Waals surface area contributed by atoms with E-state index in [1.54, 1.807) is 0 Å². The first kappa shape index (κ1) is 23.2. The molecule has 5 nitrogen and oxygen atoms in total. The summed E-state index contributed by atoms with van der Waals surface area (Å²) in [6.45, 7) is 9.28. The molecule has 116 valence electrons. The minimum Gasteiger partial charge on any atom is -0.464 e. The Morgan fingerprint density at radius 3 is 1.74 bits per heavy atom. The fourth-order valence-corrected chi connectivity index (χ4v) is 0.596. The van der Waals surface area contributed by atoms with Gasteiger partial charge in [-0.3, -0.25) is 0 Å². The van der Waals surface area contributed by atoms with Gasteiger partial charge in [0.1, 0.15) is 11.9 Å². The summed E-state index contributed by atoms with van der Waals surface area (Å²) in [6.07, 6.45) is 2.90. The van der Waals surface area contributed by atoms with E-state index >= 15 is 0 Å². The second-order valence-electron chi connectivity index (χ2n) is 4.18. The van der Waals surface area contributed by atoms with Gasteiger partial charge in [-0.15, -0.1) is 0 Å². The van der Waals surface area contributed by atoms with Gasteiger partial charge in [-0.25, -0.2) is 4.79 Å².